The Morgan fingerprint density at radius 2 is 2.08 bits per heavy atom. The maximum atomic E-state index is 9.93. The van der Waals surface area contributed by atoms with E-state index in [9.17, 15) is 4.79 Å². The van der Waals surface area contributed by atoms with Gasteiger partial charge in [0, 0.05) is 6.42 Å². The van der Waals surface area contributed by atoms with Gasteiger partial charge in [0.1, 0.15) is 0 Å². The number of nitriles is 1. The minimum absolute atomic E-state index is 0.181. The predicted octanol–water partition coefficient (Wildman–Crippen LogP) is 2.82. The fourth-order valence-electron chi connectivity index (χ4n) is 0.430. The number of carbonyl (C=O) groups is 1. The molecule has 0 saturated carbocycles. The Morgan fingerprint density at radius 3 is 2.15 bits per heavy atom. The van der Waals surface area contributed by atoms with Crippen LogP contribution < -0.4 is 0 Å². The molecule has 0 spiro atoms. The van der Waals surface area contributed by atoms with Crippen molar-refractivity contribution in [1.82, 2.24) is 0 Å². The molecular formula is C10H19NO2. The Labute approximate surface area is 80.4 Å². The third-order valence-corrected chi connectivity index (χ3v) is 1.68. The molecule has 0 fully saturated rings. The maximum absolute atomic E-state index is 9.93. The predicted molar refractivity (Wildman–Crippen MR) is 52.2 cm³/mol. The molecule has 1 N–H and O–H groups in total. The zero-order chi connectivity index (χ0) is 10.7. The molecule has 76 valence electrons. The van der Waals surface area contributed by atoms with Gasteiger partial charge in [-0.05, 0) is 12.8 Å². The van der Waals surface area contributed by atoms with Gasteiger partial charge in [0.25, 0.3) is 0 Å². The summed E-state index contributed by atoms with van der Waals surface area (Å²) in [5.41, 5.74) is 0. The molecular weight excluding hydrogens is 166 g/mol. The summed E-state index contributed by atoms with van der Waals surface area (Å²) in [6.07, 6.45) is 3.62. The molecule has 0 aliphatic rings. The van der Waals surface area contributed by atoms with Crippen molar-refractivity contribution in [2.45, 2.75) is 46.5 Å². The number of carboxylic acid groups (broad SMARTS) is 1. The standard InChI is InChI=1S/C5H9N.C5H10O2/c1-2-3-4-5-6;1-3-4(2)5(6)7/h2-4H2,1H3;4H,3H2,1-2H3,(H,6,7). The number of hydrogen-bond acceptors (Lipinski definition) is 2. The minimum atomic E-state index is -0.706. The van der Waals surface area contributed by atoms with Crippen LogP contribution in [0.3, 0.4) is 0 Å². The molecule has 1 atom stereocenters. The van der Waals surface area contributed by atoms with E-state index < -0.39 is 5.97 Å². The number of unbranched alkanes of at least 4 members (excludes halogenated alkanes) is 2. The molecule has 0 aromatic carbocycles. The normalized spacial score (nSPS) is 10.6. The molecule has 0 rings (SSSR count). The highest BCUT2D eigenvalue weighted by Crippen LogP contribution is 1.97. The van der Waals surface area contributed by atoms with Gasteiger partial charge in [-0.2, -0.15) is 5.26 Å². The van der Waals surface area contributed by atoms with Crippen molar-refractivity contribution in [3.63, 3.8) is 0 Å². The summed E-state index contributed by atoms with van der Waals surface area (Å²) in [4.78, 5) is 9.93. The lowest BCUT2D eigenvalue weighted by molar-refractivity contribution is -0.141. The van der Waals surface area contributed by atoms with Gasteiger partial charge in [-0.25, -0.2) is 0 Å². The van der Waals surface area contributed by atoms with Crippen LogP contribution >= 0.6 is 0 Å². The van der Waals surface area contributed by atoms with Crippen LogP contribution in [0.2, 0.25) is 0 Å². The molecule has 0 aromatic heterocycles. The number of aliphatic carboxylic acids is 1. The molecule has 0 aliphatic carbocycles. The van der Waals surface area contributed by atoms with E-state index in [0.29, 0.717) is 0 Å². The van der Waals surface area contributed by atoms with Crippen molar-refractivity contribution < 1.29 is 9.90 Å². The van der Waals surface area contributed by atoms with Crippen molar-refractivity contribution in [2.24, 2.45) is 5.92 Å². The summed E-state index contributed by atoms with van der Waals surface area (Å²) in [5, 5.41) is 16.1. The first kappa shape index (κ1) is 14.5. The van der Waals surface area contributed by atoms with Crippen LogP contribution in [0.15, 0.2) is 0 Å². The van der Waals surface area contributed by atoms with E-state index in [2.05, 4.69) is 13.0 Å². The van der Waals surface area contributed by atoms with Gasteiger partial charge >= 0.3 is 5.97 Å². The molecule has 0 heterocycles. The quantitative estimate of drug-likeness (QED) is 0.685. The summed E-state index contributed by atoms with van der Waals surface area (Å²) < 4.78 is 0. The monoisotopic (exact) mass is 185 g/mol. The summed E-state index contributed by atoms with van der Waals surface area (Å²) in [5.74, 6) is -0.887. The van der Waals surface area contributed by atoms with E-state index in [4.69, 9.17) is 10.4 Å². The van der Waals surface area contributed by atoms with Crippen molar-refractivity contribution in [1.29, 1.82) is 5.26 Å². The third-order valence-electron chi connectivity index (χ3n) is 1.68. The van der Waals surface area contributed by atoms with Crippen LogP contribution in [0.25, 0.3) is 0 Å². The van der Waals surface area contributed by atoms with Gasteiger partial charge in [0.2, 0.25) is 0 Å². The van der Waals surface area contributed by atoms with Crippen molar-refractivity contribution in [3.8, 4) is 6.07 Å². The Balaban J connectivity index is 0. The lowest BCUT2D eigenvalue weighted by Crippen LogP contribution is -2.06. The van der Waals surface area contributed by atoms with Gasteiger partial charge in [0.15, 0.2) is 0 Å². The van der Waals surface area contributed by atoms with Crippen LogP contribution in [-0.4, -0.2) is 11.1 Å². The first-order valence-corrected chi connectivity index (χ1v) is 4.69. The number of rotatable bonds is 4. The molecule has 3 heteroatoms. The topological polar surface area (TPSA) is 61.1 Å². The van der Waals surface area contributed by atoms with Gasteiger partial charge in [-0.1, -0.05) is 27.2 Å². The van der Waals surface area contributed by atoms with Crippen molar-refractivity contribution in [2.75, 3.05) is 0 Å². The third kappa shape index (κ3) is 13.9. The van der Waals surface area contributed by atoms with Gasteiger partial charge in [-0.15, -0.1) is 0 Å². The summed E-state index contributed by atoms with van der Waals surface area (Å²) in [6.45, 7) is 5.64. The minimum Gasteiger partial charge on any atom is -0.481 e. The number of nitrogens with zero attached hydrogens (tertiary/aromatic N) is 1. The molecule has 0 aliphatic heterocycles. The molecule has 0 radical (unpaired) electrons. The molecule has 0 aromatic rings. The maximum Gasteiger partial charge on any atom is 0.306 e. The summed E-state index contributed by atoms with van der Waals surface area (Å²) >= 11 is 0. The Kier molecular flexibility index (Phi) is 12.2. The average molecular weight is 185 g/mol. The summed E-state index contributed by atoms with van der Waals surface area (Å²) in [7, 11) is 0. The van der Waals surface area contributed by atoms with E-state index in [-0.39, 0.29) is 5.92 Å². The average Bonchev–Trinajstić information content (AvgIpc) is 2.14. The number of carboxylic acids is 1. The molecule has 0 bridgehead atoms. The second-order valence-electron chi connectivity index (χ2n) is 2.91. The Hall–Kier alpha value is -1.04. The molecule has 13 heavy (non-hydrogen) atoms. The smallest absolute Gasteiger partial charge is 0.306 e. The zero-order valence-electron chi connectivity index (χ0n) is 8.71. The number of hydrogen-bond donors (Lipinski definition) is 1. The highest BCUT2D eigenvalue weighted by atomic mass is 16.4. The second-order valence-corrected chi connectivity index (χ2v) is 2.91. The van der Waals surface area contributed by atoms with E-state index >= 15 is 0 Å². The van der Waals surface area contributed by atoms with Crippen LogP contribution in [0.4, 0.5) is 0 Å². The molecule has 0 saturated heterocycles. The first-order chi connectivity index (χ1) is 6.09. The zero-order valence-corrected chi connectivity index (χ0v) is 8.71. The van der Waals surface area contributed by atoms with Gasteiger partial charge in [0.05, 0.1) is 12.0 Å². The van der Waals surface area contributed by atoms with Crippen LogP contribution in [0.1, 0.15) is 46.5 Å². The van der Waals surface area contributed by atoms with E-state index in [1.54, 1.807) is 6.92 Å². The second kappa shape index (κ2) is 11.0. The van der Waals surface area contributed by atoms with E-state index in [1.165, 1.54) is 0 Å². The fraction of sp³-hybridized carbons (Fsp3) is 0.800. The fourth-order valence-corrected chi connectivity index (χ4v) is 0.430. The highest BCUT2D eigenvalue weighted by molar-refractivity contribution is 5.69. The Morgan fingerprint density at radius 1 is 1.54 bits per heavy atom. The van der Waals surface area contributed by atoms with E-state index in [0.717, 1.165) is 25.7 Å². The molecule has 3 nitrogen and oxygen atoms in total. The molecule has 0 amide bonds. The summed E-state index contributed by atoms with van der Waals surface area (Å²) in [6, 6.07) is 2.07. The van der Waals surface area contributed by atoms with Gasteiger partial charge < -0.3 is 5.11 Å². The van der Waals surface area contributed by atoms with E-state index in [1.807, 2.05) is 6.92 Å². The van der Waals surface area contributed by atoms with Crippen molar-refractivity contribution in [3.05, 3.63) is 0 Å². The highest BCUT2D eigenvalue weighted by Gasteiger charge is 2.05. The molecule has 1 unspecified atom stereocenters. The SMILES string of the molecule is CCC(C)C(=O)O.CCCCC#N. The van der Waals surface area contributed by atoms with Crippen LogP contribution in [-0.2, 0) is 4.79 Å². The van der Waals surface area contributed by atoms with Crippen molar-refractivity contribution >= 4 is 5.97 Å². The Bertz CT molecular complexity index is 161. The van der Waals surface area contributed by atoms with Gasteiger partial charge in [-0.3, -0.25) is 4.79 Å². The lowest BCUT2D eigenvalue weighted by atomic mass is 10.1. The largest absolute Gasteiger partial charge is 0.481 e. The van der Waals surface area contributed by atoms with Crippen LogP contribution in [0, 0.1) is 17.2 Å². The van der Waals surface area contributed by atoms with Crippen LogP contribution in [0.5, 0.6) is 0 Å². The first-order valence-electron chi connectivity index (χ1n) is 4.69. The lowest BCUT2D eigenvalue weighted by Gasteiger charge is -1.96.